The van der Waals surface area contributed by atoms with E-state index in [0.717, 1.165) is 33.8 Å². The maximum atomic E-state index is 13.2. The Labute approximate surface area is 316 Å². The van der Waals surface area contributed by atoms with Crippen molar-refractivity contribution in [1.82, 2.24) is 28.7 Å². The van der Waals surface area contributed by atoms with E-state index < -0.39 is 132 Å². The number of nitrogens with two attached hydrogens (primary N) is 2. The van der Waals surface area contributed by atoms with E-state index in [1.54, 1.807) is 0 Å². The number of nitrogens with one attached hydrogen (secondary N) is 1. The normalized spacial score (nSPS) is 33.6. The lowest BCUT2D eigenvalue weighted by molar-refractivity contribution is -0.0643. The van der Waals surface area contributed by atoms with Crippen LogP contribution in [0, 0.1) is 0 Å². The van der Waals surface area contributed by atoms with Crippen LogP contribution in [0.3, 0.4) is 0 Å². The molecule has 57 heavy (non-hydrogen) atoms. The number of anilines is 2. The summed E-state index contributed by atoms with van der Waals surface area (Å²) in [6, 6.07) is 3.26. The first kappa shape index (κ1) is 42.5. The van der Waals surface area contributed by atoms with Gasteiger partial charge in [0.15, 0.2) is 18.7 Å². The van der Waals surface area contributed by atoms with Crippen LogP contribution in [0.1, 0.15) is 18.7 Å². The van der Waals surface area contributed by atoms with Gasteiger partial charge in [-0.15, -0.1) is 0 Å². The van der Waals surface area contributed by atoms with E-state index in [1.807, 2.05) is 4.98 Å². The summed E-state index contributed by atoms with van der Waals surface area (Å²) in [7, 11) is -10.8. The lowest BCUT2D eigenvalue weighted by Gasteiger charge is -2.25. The number of H-pyrrole nitrogens is 1. The van der Waals surface area contributed by atoms with Crippen LogP contribution in [0.15, 0.2) is 56.0 Å². The molecule has 30 heteroatoms. The van der Waals surface area contributed by atoms with Gasteiger partial charge in [-0.3, -0.25) is 41.6 Å². The number of aliphatic hydroxyl groups is 5. The summed E-state index contributed by atoms with van der Waals surface area (Å²) in [4.78, 5) is 79.0. The van der Waals surface area contributed by atoms with Gasteiger partial charge in [-0.2, -0.15) is 9.97 Å². The van der Waals surface area contributed by atoms with Crippen molar-refractivity contribution >= 4 is 27.3 Å². The third-order valence-electron chi connectivity index (χ3n) is 8.83. The van der Waals surface area contributed by atoms with Gasteiger partial charge in [-0.1, -0.05) is 0 Å². The topological polar surface area (TPSA) is 417 Å². The summed E-state index contributed by atoms with van der Waals surface area (Å²) in [5.74, 6) is -0.312. The van der Waals surface area contributed by atoms with Gasteiger partial charge in [-0.05, 0) is 12.1 Å². The van der Waals surface area contributed by atoms with Gasteiger partial charge in [0.05, 0.1) is 19.8 Å². The molecule has 3 aromatic heterocycles. The standard InChI is InChI=1S/C27H36N8O20P2/c28-13-1-4-33(25(42)30-13)22-17(39)16(38)11(52-22)8-49-56(45,46)55-21-12(53-24(19(21)41)35-6-3-15(37)32-27(35)44)9-50-57(47,48)54-20-10(7-36)51-23(18(20)40)34-5-2-14(29)31-26(34)43/h1-6,10-12,16-24,36,38-41H,7-9H2,(H,45,46)(H,47,48)(H2,28,30,42)(H2,29,31,43)(H,32,37,44)/t10-,11-,12-,16-,17-,18-,19-,20-,21-,22-,23-,24-/m1/s1. The second-order valence-electron chi connectivity index (χ2n) is 12.6. The number of nitrogen functional groups attached to an aromatic ring is 2. The fraction of sp³-hybridized carbons (Fsp3) is 0.556. The highest BCUT2D eigenvalue weighted by Gasteiger charge is 2.53. The summed E-state index contributed by atoms with van der Waals surface area (Å²) in [6.45, 7) is -3.01. The van der Waals surface area contributed by atoms with Gasteiger partial charge in [-0.25, -0.2) is 23.5 Å². The van der Waals surface area contributed by atoms with E-state index >= 15 is 0 Å². The largest absolute Gasteiger partial charge is 0.472 e. The van der Waals surface area contributed by atoms with Crippen LogP contribution in [-0.2, 0) is 41.4 Å². The lowest BCUT2D eigenvalue weighted by Crippen LogP contribution is -2.39. The molecule has 28 nitrogen and oxygen atoms in total. The molecule has 14 atom stereocenters. The van der Waals surface area contributed by atoms with Crippen molar-refractivity contribution in [3.8, 4) is 0 Å². The number of phosphoric acid groups is 2. The third-order valence-corrected chi connectivity index (χ3v) is 10.8. The zero-order valence-electron chi connectivity index (χ0n) is 28.7. The second kappa shape index (κ2) is 16.7. The molecule has 0 aromatic carbocycles. The van der Waals surface area contributed by atoms with Gasteiger partial charge in [0, 0.05) is 24.7 Å². The molecule has 3 aliphatic heterocycles. The highest BCUT2D eigenvalue weighted by Crippen LogP contribution is 2.52. The zero-order valence-corrected chi connectivity index (χ0v) is 30.5. The van der Waals surface area contributed by atoms with Crippen molar-refractivity contribution in [2.45, 2.75) is 73.6 Å². The van der Waals surface area contributed by atoms with Crippen LogP contribution in [0.2, 0.25) is 0 Å². The van der Waals surface area contributed by atoms with E-state index in [2.05, 4.69) is 9.97 Å². The first-order chi connectivity index (χ1) is 26.8. The number of hydrogen-bond acceptors (Lipinski definition) is 22. The molecule has 0 radical (unpaired) electrons. The van der Waals surface area contributed by atoms with Crippen molar-refractivity contribution in [3.05, 3.63) is 78.6 Å². The number of ether oxygens (including phenoxy) is 3. The molecule has 6 heterocycles. The number of aromatic nitrogens is 6. The molecule has 12 N–H and O–H groups in total. The Balaban J connectivity index is 1.16. The van der Waals surface area contributed by atoms with Crippen LogP contribution < -0.4 is 34.1 Å². The summed E-state index contributed by atoms with van der Waals surface area (Å²) in [5, 5.41) is 52.9. The van der Waals surface area contributed by atoms with Gasteiger partial charge in [0.25, 0.3) is 5.56 Å². The van der Waals surface area contributed by atoms with Gasteiger partial charge < -0.3 is 61.0 Å². The molecule has 3 saturated heterocycles. The Morgan fingerprint density at radius 1 is 0.667 bits per heavy atom. The number of phosphoric ester groups is 2. The predicted molar refractivity (Wildman–Crippen MR) is 181 cm³/mol. The molecular weight excluding hydrogens is 818 g/mol. The first-order valence-electron chi connectivity index (χ1n) is 16.4. The van der Waals surface area contributed by atoms with E-state index in [1.165, 1.54) is 12.1 Å². The Morgan fingerprint density at radius 3 is 1.61 bits per heavy atom. The number of nitrogens with zero attached hydrogens (tertiary/aromatic N) is 5. The number of hydrogen-bond donors (Lipinski definition) is 10. The molecule has 0 aliphatic carbocycles. The lowest BCUT2D eigenvalue weighted by atomic mass is 10.1. The van der Waals surface area contributed by atoms with Crippen molar-refractivity contribution < 1.29 is 76.8 Å². The maximum Gasteiger partial charge on any atom is 0.472 e. The summed E-state index contributed by atoms with van der Waals surface area (Å²) >= 11 is 0. The minimum absolute atomic E-state index is 0.149. The zero-order chi connectivity index (χ0) is 41.6. The monoisotopic (exact) mass is 854 g/mol. The average Bonchev–Trinajstić information content (AvgIpc) is 3.71. The summed E-state index contributed by atoms with van der Waals surface area (Å²) in [6.07, 6.45) is -18.2. The Kier molecular flexibility index (Phi) is 12.4. The molecule has 3 fully saturated rings. The molecule has 3 aliphatic rings. The Hall–Kier alpha value is -4.06. The summed E-state index contributed by atoms with van der Waals surface area (Å²) < 4.78 is 65.3. The predicted octanol–water partition coefficient (Wildman–Crippen LogP) is -5.65. The van der Waals surface area contributed by atoms with Crippen molar-refractivity contribution in [2.75, 3.05) is 31.3 Å². The molecule has 0 amide bonds. The Bertz CT molecular complexity index is 2270. The molecule has 2 unspecified atom stereocenters. The van der Waals surface area contributed by atoms with Crippen molar-refractivity contribution in [1.29, 1.82) is 0 Å². The summed E-state index contributed by atoms with van der Waals surface area (Å²) in [5.41, 5.74) is 7.04. The van der Waals surface area contributed by atoms with Crippen LogP contribution >= 0.6 is 15.6 Å². The number of aliphatic hydroxyl groups excluding tert-OH is 5. The van der Waals surface area contributed by atoms with Gasteiger partial charge in [0.2, 0.25) is 0 Å². The van der Waals surface area contributed by atoms with Crippen molar-refractivity contribution in [2.24, 2.45) is 0 Å². The van der Waals surface area contributed by atoms with E-state index in [0.29, 0.717) is 4.57 Å². The molecule has 3 aromatic rings. The quantitative estimate of drug-likeness (QED) is 0.0676. The molecule has 314 valence electrons. The SMILES string of the molecule is Nc1ccn([C@@H]2O[C@H](COP(=O)(O)O[C@H]3[C@@H](O)[C@H](n4ccc(=O)[nH]c4=O)O[C@@H]3COP(=O)(O)O[C@H]3[C@@H](O)[C@H](n4ccc(N)nc4=O)O[C@@H]3CO)[C@@H](O)[C@H]2O)c(=O)n1. The fourth-order valence-corrected chi connectivity index (χ4v) is 8.04. The fourth-order valence-electron chi connectivity index (χ4n) is 6.11. The molecule has 0 spiro atoms. The molecule has 0 bridgehead atoms. The minimum Gasteiger partial charge on any atom is -0.394 e. The highest BCUT2D eigenvalue weighted by atomic mass is 31.2. The van der Waals surface area contributed by atoms with Crippen molar-refractivity contribution in [3.63, 3.8) is 0 Å². The highest BCUT2D eigenvalue weighted by molar-refractivity contribution is 7.47. The second-order valence-corrected chi connectivity index (χ2v) is 15.4. The van der Waals surface area contributed by atoms with Crippen LogP contribution in [0.25, 0.3) is 0 Å². The van der Waals surface area contributed by atoms with E-state index in [-0.39, 0.29) is 11.6 Å². The maximum absolute atomic E-state index is 13.2. The first-order valence-corrected chi connectivity index (χ1v) is 19.4. The molecule has 0 saturated carbocycles. The van der Waals surface area contributed by atoms with Crippen LogP contribution in [0.5, 0.6) is 0 Å². The van der Waals surface area contributed by atoms with Gasteiger partial charge in [0.1, 0.15) is 66.6 Å². The number of aromatic amines is 1. The van der Waals surface area contributed by atoms with Crippen LogP contribution in [0.4, 0.5) is 11.6 Å². The third kappa shape index (κ3) is 9.16. The van der Waals surface area contributed by atoms with E-state index in [9.17, 15) is 63.6 Å². The van der Waals surface area contributed by atoms with E-state index in [4.69, 9.17) is 43.8 Å². The minimum atomic E-state index is -5.41. The molecular formula is C27H36N8O20P2. The smallest absolute Gasteiger partial charge is 0.394 e. The molecule has 6 rings (SSSR count). The Morgan fingerprint density at radius 2 is 1.11 bits per heavy atom. The van der Waals surface area contributed by atoms with Gasteiger partial charge >= 0.3 is 32.7 Å². The number of rotatable bonds is 14. The van der Waals surface area contributed by atoms with Crippen LogP contribution in [-0.4, -0.2) is 139 Å². The average molecular weight is 855 g/mol.